The number of carbonyl (C=O) groups is 1. The number of nitrogens with zero attached hydrogens (tertiary/aromatic N) is 1. The van der Waals surface area contributed by atoms with Crippen LogP contribution in [-0.4, -0.2) is 50.1 Å². The SMILES string of the molecule is COC(=O)c1ccccc1S(=O)(=O)N1CCC(O)C1. The smallest absolute Gasteiger partial charge is 0.339 e. The van der Waals surface area contributed by atoms with Gasteiger partial charge in [0.1, 0.15) is 0 Å². The van der Waals surface area contributed by atoms with E-state index in [1.165, 1.54) is 23.5 Å². The molecule has 104 valence electrons. The number of sulfonamides is 1. The number of β-amino-alcohol motifs (C(OH)–C–C–N with tert-alkyl or cyclic N) is 1. The number of rotatable bonds is 3. The number of benzene rings is 1. The van der Waals surface area contributed by atoms with Gasteiger partial charge in [0.25, 0.3) is 0 Å². The Bertz CT molecular complexity index is 584. The highest BCUT2D eigenvalue weighted by atomic mass is 32.2. The van der Waals surface area contributed by atoms with Crippen molar-refractivity contribution in [2.24, 2.45) is 0 Å². The number of methoxy groups -OCH3 is 1. The number of hydrogen-bond donors (Lipinski definition) is 1. The third-order valence-corrected chi connectivity index (χ3v) is 4.96. The fraction of sp³-hybridized carbons (Fsp3) is 0.417. The fourth-order valence-electron chi connectivity index (χ4n) is 2.04. The van der Waals surface area contributed by atoms with Gasteiger partial charge >= 0.3 is 5.97 Å². The lowest BCUT2D eigenvalue weighted by atomic mass is 10.2. The molecule has 1 saturated heterocycles. The first-order valence-electron chi connectivity index (χ1n) is 5.82. The molecular formula is C12H15NO5S. The topological polar surface area (TPSA) is 83.9 Å². The van der Waals surface area contributed by atoms with Crippen LogP contribution in [0.4, 0.5) is 0 Å². The summed E-state index contributed by atoms with van der Waals surface area (Å²) in [7, 11) is -2.59. The van der Waals surface area contributed by atoms with Crippen LogP contribution >= 0.6 is 0 Å². The predicted octanol–water partition coefficient (Wildman–Crippen LogP) is 0.228. The molecule has 1 N–H and O–H groups in total. The Morgan fingerprint density at radius 2 is 2.11 bits per heavy atom. The molecule has 0 amide bonds. The van der Waals surface area contributed by atoms with Gasteiger partial charge in [-0.3, -0.25) is 0 Å². The molecule has 1 fully saturated rings. The van der Waals surface area contributed by atoms with Crippen molar-refractivity contribution < 1.29 is 23.1 Å². The number of ether oxygens (including phenoxy) is 1. The number of carbonyl (C=O) groups excluding carboxylic acids is 1. The predicted molar refractivity (Wildman–Crippen MR) is 67.2 cm³/mol. The standard InChI is InChI=1S/C12H15NO5S/c1-18-12(15)10-4-2-3-5-11(10)19(16,17)13-7-6-9(14)8-13/h2-5,9,14H,6-8H2,1H3. The van der Waals surface area contributed by atoms with Crippen LogP contribution in [0.25, 0.3) is 0 Å². The number of aliphatic hydroxyl groups excluding tert-OH is 1. The maximum absolute atomic E-state index is 12.4. The lowest BCUT2D eigenvalue weighted by molar-refractivity contribution is 0.0596. The van der Waals surface area contributed by atoms with Crippen molar-refractivity contribution in [1.29, 1.82) is 0 Å². The average molecular weight is 285 g/mol. The second-order valence-corrected chi connectivity index (χ2v) is 6.20. The second-order valence-electron chi connectivity index (χ2n) is 4.29. The lowest BCUT2D eigenvalue weighted by Crippen LogP contribution is -2.31. The quantitative estimate of drug-likeness (QED) is 0.804. The normalized spacial score (nSPS) is 20.4. The van der Waals surface area contributed by atoms with E-state index in [9.17, 15) is 18.3 Å². The summed E-state index contributed by atoms with van der Waals surface area (Å²) >= 11 is 0. The van der Waals surface area contributed by atoms with Crippen molar-refractivity contribution in [2.45, 2.75) is 17.4 Å². The summed E-state index contributed by atoms with van der Waals surface area (Å²) in [6, 6.07) is 5.90. The van der Waals surface area contributed by atoms with Crippen LogP contribution in [0.15, 0.2) is 29.2 Å². The molecule has 1 aromatic carbocycles. The maximum Gasteiger partial charge on any atom is 0.339 e. The van der Waals surface area contributed by atoms with Crippen LogP contribution in [0.5, 0.6) is 0 Å². The molecule has 7 heteroatoms. The highest BCUT2D eigenvalue weighted by molar-refractivity contribution is 7.89. The molecule has 1 heterocycles. The van der Waals surface area contributed by atoms with Crippen LogP contribution in [0, 0.1) is 0 Å². The van der Waals surface area contributed by atoms with Gasteiger partial charge < -0.3 is 9.84 Å². The minimum Gasteiger partial charge on any atom is -0.465 e. The fourth-order valence-corrected chi connectivity index (χ4v) is 3.71. The van der Waals surface area contributed by atoms with Gasteiger partial charge in [0, 0.05) is 13.1 Å². The summed E-state index contributed by atoms with van der Waals surface area (Å²) in [5.74, 6) is -0.695. The molecular weight excluding hydrogens is 270 g/mol. The highest BCUT2D eigenvalue weighted by Gasteiger charge is 2.34. The Labute approximate surface area is 111 Å². The van der Waals surface area contributed by atoms with E-state index in [4.69, 9.17) is 0 Å². The molecule has 1 aromatic rings. The molecule has 0 bridgehead atoms. The van der Waals surface area contributed by atoms with E-state index >= 15 is 0 Å². The average Bonchev–Trinajstić information content (AvgIpc) is 2.85. The van der Waals surface area contributed by atoms with E-state index in [0.29, 0.717) is 6.42 Å². The van der Waals surface area contributed by atoms with E-state index < -0.39 is 22.1 Å². The Kier molecular flexibility index (Phi) is 3.88. The first kappa shape index (κ1) is 14.0. The van der Waals surface area contributed by atoms with Crippen molar-refractivity contribution in [1.82, 2.24) is 4.31 Å². The van der Waals surface area contributed by atoms with E-state index in [2.05, 4.69) is 4.74 Å². The minimum absolute atomic E-state index is 0.00592. The number of hydrogen-bond acceptors (Lipinski definition) is 5. The van der Waals surface area contributed by atoms with Crippen LogP contribution in [-0.2, 0) is 14.8 Å². The molecule has 0 aromatic heterocycles. The van der Waals surface area contributed by atoms with Gasteiger partial charge in [0.05, 0.1) is 23.7 Å². The van der Waals surface area contributed by atoms with Crippen LogP contribution in [0.1, 0.15) is 16.8 Å². The monoisotopic (exact) mass is 285 g/mol. The summed E-state index contributed by atoms with van der Waals surface area (Å²) in [4.78, 5) is 11.5. The summed E-state index contributed by atoms with van der Waals surface area (Å²) in [6.07, 6.45) is -0.250. The Hall–Kier alpha value is -1.44. The molecule has 1 aliphatic heterocycles. The molecule has 1 atom stereocenters. The maximum atomic E-state index is 12.4. The van der Waals surface area contributed by atoms with Crippen molar-refractivity contribution in [2.75, 3.05) is 20.2 Å². The van der Waals surface area contributed by atoms with E-state index in [1.54, 1.807) is 12.1 Å². The Morgan fingerprint density at radius 3 is 2.68 bits per heavy atom. The molecule has 0 saturated carbocycles. The number of esters is 1. The van der Waals surface area contributed by atoms with E-state index in [0.717, 1.165) is 0 Å². The largest absolute Gasteiger partial charge is 0.465 e. The van der Waals surface area contributed by atoms with Crippen LogP contribution in [0.3, 0.4) is 0 Å². The van der Waals surface area contributed by atoms with Crippen LogP contribution in [0.2, 0.25) is 0 Å². The van der Waals surface area contributed by atoms with Crippen molar-refractivity contribution in [3.05, 3.63) is 29.8 Å². The molecule has 0 radical (unpaired) electrons. The van der Waals surface area contributed by atoms with Gasteiger partial charge in [-0.15, -0.1) is 0 Å². The van der Waals surface area contributed by atoms with Crippen molar-refractivity contribution in [3.63, 3.8) is 0 Å². The lowest BCUT2D eigenvalue weighted by Gasteiger charge is -2.17. The van der Waals surface area contributed by atoms with Gasteiger partial charge in [-0.1, -0.05) is 12.1 Å². The zero-order valence-corrected chi connectivity index (χ0v) is 11.3. The van der Waals surface area contributed by atoms with E-state index in [-0.39, 0.29) is 23.5 Å². The number of aliphatic hydroxyl groups is 1. The van der Waals surface area contributed by atoms with Gasteiger partial charge in [-0.05, 0) is 18.6 Å². The molecule has 0 aliphatic carbocycles. The summed E-state index contributed by atoms with van der Waals surface area (Å²) in [6.45, 7) is 0.302. The summed E-state index contributed by atoms with van der Waals surface area (Å²) in [5, 5.41) is 9.44. The minimum atomic E-state index is -3.78. The first-order chi connectivity index (χ1) is 8.96. The van der Waals surface area contributed by atoms with Gasteiger partial charge in [0.2, 0.25) is 10.0 Å². The van der Waals surface area contributed by atoms with Gasteiger partial charge in [0.15, 0.2) is 0 Å². The first-order valence-corrected chi connectivity index (χ1v) is 7.26. The van der Waals surface area contributed by atoms with Gasteiger partial charge in [-0.2, -0.15) is 4.31 Å². The van der Waals surface area contributed by atoms with Crippen LogP contribution < -0.4 is 0 Å². The third-order valence-electron chi connectivity index (χ3n) is 3.04. The van der Waals surface area contributed by atoms with Crippen molar-refractivity contribution >= 4 is 16.0 Å². The second kappa shape index (κ2) is 5.28. The zero-order chi connectivity index (χ0) is 14.0. The zero-order valence-electron chi connectivity index (χ0n) is 10.4. The molecule has 2 rings (SSSR count). The Morgan fingerprint density at radius 1 is 1.42 bits per heavy atom. The molecule has 0 spiro atoms. The van der Waals surface area contributed by atoms with Crippen molar-refractivity contribution in [3.8, 4) is 0 Å². The van der Waals surface area contributed by atoms with E-state index in [1.807, 2.05) is 0 Å². The molecule has 19 heavy (non-hydrogen) atoms. The summed E-state index contributed by atoms with van der Waals surface area (Å²) in [5.41, 5.74) is 0.00592. The molecule has 6 nitrogen and oxygen atoms in total. The molecule has 1 aliphatic rings. The summed E-state index contributed by atoms with van der Waals surface area (Å²) < 4.78 is 30.6. The third kappa shape index (κ3) is 2.63. The molecule has 1 unspecified atom stereocenters. The highest BCUT2D eigenvalue weighted by Crippen LogP contribution is 2.24. The van der Waals surface area contributed by atoms with Gasteiger partial charge in [-0.25, -0.2) is 13.2 Å². The Balaban J connectivity index is 2.44.